The molecule has 0 aliphatic rings. The van der Waals surface area contributed by atoms with E-state index in [0.717, 1.165) is 0 Å². The number of rotatable bonds is 6. The van der Waals surface area contributed by atoms with Gasteiger partial charge in [0.15, 0.2) is 0 Å². The first kappa shape index (κ1) is 17.7. The van der Waals surface area contributed by atoms with Crippen LogP contribution in [0.4, 0.5) is 5.69 Å². The second-order valence-electron chi connectivity index (χ2n) is 5.07. The first-order chi connectivity index (χ1) is 12.0. The Morgan fingerprint density at radius 2 is 1.12 bits per heavy atom. The van der Waals surface area contributed by atoms with E-state index in [1.807, 2.05) is 18.2 Å². The van der Waals surface area contributed by atoms with Crippen molar-refractivity contribution in [3.05, 3.63) is 88.9 Å². The molecule has 3 aromatic rings. The molecule has 0 aromatic heterocycles. The van der Waals surface area contributed by atoms with Crippen molar-refractivity contribution in [3.63, 3.8) is 0 Å². The van der Waals surface area contributed by atoms with Gasteiger partial charge in [-0.05, 0) is 60.7 Å². The third kappa shape index (κ3) is 5.17. The Bertz CT molecular complexity index is 820. The number of nitrogens with one attached hydrogen (secondary N) is 1. The number of para-hydroxylation sites is 1. The van der Waals surface area contributed by atoms with Crippen molar-refractivity contribution in [2.24, 2.45) is 0 Å². The zero-order valence-corrected chi connectivity index (χ0v) is 15.3. The molecule has 4 nitrogen and oxygen atoms in total. The van der Waals surface area contributed by atoms with E-state index >= 15 is 0 Å². The molecule has 0 saturated carbocycles. The fraction of sp³-hybridized carbons (Fsp3) is 0. The van der Waals surface area contributed by atoms with E-state index in [1.165, 1.54) is 0 Å². The fourth-order valence-electron chi connectivity index (χ4n) is 2.00. The first-order valence-electron chi connectivity index (χ1n) is 7.36. The van der Waals surface area contributed by atoms with E-state index in [9.17, 15) is 4.57 Å². The summed E-state index contributed by atoms with van der Waals surface area (Å²) < 4.78 is 24.5. The molecule has 0 bridgehead atoms. The Hall–Kier alpha value is -2.13. The number of anilines is 1. The molecule has 0 aliphatic heterocycles. The van der Waals surface area contributed by atoms with Gasteiger partial charge in [0.2, 0.25) is 0 Å². The maximum Gasteiger partial charge on any atom is 0.541 e. The minimum atomic E-state index is -3.75. The van der Waals surface area contributed by atoms with E-state index in [0.29, 0.717) is 27.2 Å². The normalized spacial score (nSPS) is 11.0. The number of benzene rings is 3. The van der Waals surface area contributed by atoms with Crippen LogP contribution in [0.1, 0.15) is 0 Å². The Balaban J connectivity index is 1.87. The van der Waals surface area contributed by atoms with Crippen molar-refractivity contribution in [2.75, 3.05) is 5.09 Å². The molecule has 3 rings (SSSR count). The van der Waals surface area contributed by atoms with Gasteiger partial charge in [0.1, 0.15) is 11.5 Å². The van der Waals surface area contributed by atoms with Gasteiger partial charge in [-0.1, -0.05) is 41.4 Å². The Morgan fingerprint density at radius 1 is 0.680 bits per heavy atom. The van der Waals surface area contributed by atoms with Crippen molar-refractivity contribution in [3.8, 4) is 11.5 Å². The summed E-state index contributed by atoms with van der Waals surface area (Å²) in [5.41, 5.74) is 0.605. The summed E-state index contributed by atoms with van der Waals surface area (Å²) in [6.45, 7) is 0. The quantitative estimate of drug-likeness (QED) is 0.475. The van der Waals surface area contributed by atoms with Crippen LogP contribution in [0, 0.1) is 0 Å². The first-order valence-corrected chi connectivity index (χ1v) is 9.66. The second kappa shape index (κ2) is 7.83. The molecule has 0 radical (unpaired) electrons. The van der Waals surface area contributed by atoms with Crippen LogP contribution in [-0.2, 0) is 4.57 Å². The van der Waals surface area contributed by atoms with Crippen LogP contribution in [0.2, 0.25) is 10.0 Å². The fourth-order valence-corrected chi connectivity index (χ4v) is 3.65. The lowest BCUT2D eigenvalue weighted by atomic mass is 10.3. The summed E-state index contributed by atoms with van der Waals surface area (Å²) >= 11 is 11.7. The van der Waals surface area contributed by atoms with Crippen LogP contribution in [-0.4, -0.2) is 0 Å². The molecule has 25 heavy (non-hydrogen) atoms. The smallest absolute Gasteiger partial charge is 0.400 e. The lowest BCUT2D eigenvalue weighted by Gasteiger charge is -2.21. The molecule has 1 N–H and O–H groups in total. The van der Waals surface area contributed by atoms with Crippen molar-refractivity contribution < 1.29 is 13.6 Å². The van der Waals surface area contributed by atoms with Gasteiger partial charge in [-0.3, -0.25) is 5.09 Å². The molecule has 0 atom stereocenters. The summed E-state index contributed by atoms with van der Waals surface area (Å²) in [6.07, 6.45) is 0. The lowest BCUT2D eigenvalue weighted by Crippen LogP contribution is -2.09. The highest BCUT2D eigenvalue weighted by molar-refractivity contribution is 7.56. The molecule has 0 amide bonds. The largest absolute Gasteiger partial charge is 0.541 e. The van der Waals surface area contributed by atoms with Gasteiger partial charge in [0.25, 0.3) is 0 Å². The molecule has 0 aliphatic carbocycles. The van der Waals surface area contributed by atoms with Crippen LogP contribution < -0.4 is 14.1 Å². The van der Waals surface area contributed by atoms with E-state index < -0.39 is 7.75 Å². The van der Waals surface area contributed by atoms with E-state index in [-0.39, 0.29) is 0 Å². The average Bonchev–Trinajstić information content (AvgIpc) is 2.60. The monoisotopic (exact) mass is 393 g/mol. The van der Waals surface area contributed by atoms with Crippen LogP contribution in [0.15, 0.2) is 78.9 Å². The Kier molecular flexibility index (Phi) is 5.54. The molecular formula is C18H14Cl2NO3P. The van der Waals surface area contributed by atoms with Crippen LogP contribution in [0.3, 0.4) is 0 Å². The van der Waals surface area contributed by atoms with Gasteiger partial charge in [0, 0.05) is 15.7 Å². The van der Waals surface area contributed by atoms with Crippen molar-refractivity contribution >= 4 is 36.6 Å². The predicted molar refractivity (Wildman–Crippen MR) is 102 cm³/mol. The zero-order valence-electron chi connectivity index (χ0n) is 12.9. The van der Waals surface area contributed by atoms with Crippen molar-refractivity contribution in [1.82, 2.24) is 0 Å². The third-order valence-electron chi connectivity index (χ3n) is 3.12. The van der Waals surface area contributed by atoms with E-state index in [2.05, 4.69) is 5.09 Å². The minimum absolute atomic E-state index is 0.366. The summed E-state index contributed by atoms with van der Waals surface area (Å²) in [5.74, 6) is 0.732. The van der Waals surface area contributed by atoms with Gasteiger partial charge in [-0.2, -0.15) is 0 Å². The van der Waals surface area contributed by atoms with Gasteiger partial charge in [-0.25, -0.2) is 4.57 Å². The van der Waals surface area contributed by atoms with Gasteiger partial charge >= 0.3 is 7.75 Å². The van der Waals surface area contributed by atoms with E-state index in [4.69, 9.17) is 32.2 Å². The molecule has 7 heteroatoms. The highest BCUT2D eigenvalue weighted by Crippen LogP contribution is 2.48. The molecule has 128 valence electrons. The average molecular weight is 394 g/mol. The molecule has 0 spiro atoms. The number of halogens is 2. The highest BCUT2D eigenvalue weighted by Gasteiger charge is 2.29. The van der Waals surface area contributed by atoms with Crippen LogP contribution >= 0.6 is 30.9 Å². The molecule has 0 saturated heterocycles. The number of hydrogen-bond donors (Lipinski definition) is 1. The number of hydrogen-bond acceptors (Lipinski definition) is 3. The Morgan fingerprint density at radius 3 is 1.56 bits per heavy atom. The summed E-state index contributed by atoms with van der Waals surface area (Å²) in [5, 5.41) is 3.93. The topological polar surface area (TPSA) is 47.6 Å². The minimum Gasteiger partial charge on any atom is -0.400 e. The highest BCUT2D eigenvalue weighted by atomic mass is 35.5. The summed E-state index contributed by atoms with van der Waals surface area (Å²) in [4.78, 5) is 0. The van der Waals surface area contributed by atoms with Crippen molar-refractivity contribution in [1.29, 1.82) is 0 Å². The molecule has 0 fully saturated rings. The third-order valence-corrected chi connectivity index (χ3v) is 5.06. The van der Waals surface area contributed by atoms with Gasteiger partial charge in [-0.15, -0.1) is 0 Å². The SMILES string of the molecule is O=P(Nc1ccccc1)(Oc1ccc(Cl)cc1)Oc1ccc(Cl)cc1. The maximum atomic E-state index is 13.3. The molecular weight excluding hydrogens is 380 g/mol. The standard InChI is InChI=1S/C18H14Cl2NO3P/c19-14-6-10-17(11-7-14)23-25(22,21-16-4-2-1-3-5-16)24-18-12-8-15(20)9-13-18/h1-13H,(H,21,22). The summed E-state index contributed by atoms with van der Waals surface area (Å²) in [7, 11) is -3.75. The van der Waals surface area contributed by atoms with Gasteiger partial charge < -0.3 is 9.05 Å². The Labute approximate surface area is 155 Å². The lowest BCUT2D eigenvalue weighted by molar-refractivity contribution is 0.393. The molecule has 3 aromatic carbocycles. The maximum absolute atomic E-state index is 13.3. The van der Waals surface area contributed by atoms with Crippen LogP contribution in [0.5, 0.6) is 11.5 Å². The predicted octanol–water partition coefficient (Wildman–Crippen LogP) is 6.67. The molecule has 0 unspecified atom stereocenters. The van der Waals surface area contributed by atoms with Crippen molar-refractivity contribution in [2.45, 2.75) is 0 Å². The van der Waals surface area contributed by atoms with E-state index in [1.54, 1.807) is 60.7 Å². The molecule has 0 heterocycles. The van der Waals surface area contributed by atoms with Gasteiger partial charge in [0.05, 0.1) is 0 Å². The second-order valence-corrected chi connectivity index (χ2v) is 7.52. The van der Waals surface area contributed by atoms with Crippen LogP contribution in [0.25, 0.3) is 0 Å². The zero-order chi connectivity index (χ0) is 17.7. The summed E-state index contributed by atoms with van der Waals surface area (Å²) in [6, 6.07) is 22.1.